The van der Waals surface area contributed by atoms with Gasteiger partial charge in [-0.05, 0) is 37.0 Å². The summed E-state index contributed by atoms with van der Waals surface area (Å²) in [5.41, 5.74) is 2.22. The number of thiocarbonyl (C=S) groups is 1. The summed E-state index contributed by atoms with van der Waals surface area (Å²) in [6.07, 6.45) is 5.87. The van der Waals surface area contributed by atoms with Gasteiger partial charge < -0.3 is 9.80 Å². The minimum atomic E-state index is 0.752. The molecule has 2 rings (SSSR count). The summed E-state index contributed by atoms with van der Waals surface area (Å²) in [5.74, 6) is 0. The first-order chi connectivity index (χ1) is 9.58. The summed E-state index contributed by atoms with van der Waals surface area (Å²) in [6, 6.07) is 7.90. The summed E-state index contributed by atoms with van der Waals surface area (Å²) in [5, 5.41) is 0.752. The van der Waals surface area contributed by atoms with E-state index in [2.05, 4.69) is 11.1 Å². The molecule has 1 aromatic carbocycles. The highest BCUT2D eigenvalue weighted by molar-refractivity contribution is 7.81. The van der Waals surface area contributed by atoms with Crippen LogP contribution in [0.3, 0.4) is 0 Å². The molecule has 1 aliphatic heterocycles. The predicted octanol–water partition coefficient (Wildman–Crippen LogP) is 4.06. The predicted molar refractivity (Wildman–Crippen MR) is 91.1 cm³/mol. The van der Waals surface area contributed by atoms with Gasteiger partial charge in [-0.25, -0.2) is 0 Å². The van der Waals surface area contributed by atoms with E-state index in [0.717, 1.165) is 34.2 Å². The van der Waals surface area contributed by atoms with Crippen molar-refractivity contribution in [1.29, 1.82) is 0 Å². The van der Waals surface area contributed by atoms with E-state index in [1.165, 1.54) is 19.3 Å². The summed E-state index contributed by atoms with van der Waals surface area (Å²) >= 11 is 11.7. The minimum absolute atomic E-state index is 0.752. The van der Waals surface area contributed by atoms with Gasteiger partial charge in [-0.3, -0.25) is 0 Å². The largest absolute Gasteiger partial charge is 0.383 e. The van der Waals surface area contributed by atoms with Gasteiger partial charge in [-0.15, -0.1) is 0 Å². The average molecular weight is 309 g/mol. The Morgan fingerprint density at radius 2 is 1.75 bits per heavy atom. The van der Waals surface area contributed by atoms with E-state index in [1.54, 1.807) is 0 Å². The molecule has 1 aliphatic rings. The maximum absolute atomic E-state index is 5.98. The first-order valence-electron chi connectivity index (χ1n) is 7.01. The summed E-state index contributed by atoms with van der Waals surface area (Å²) in [7, 11) is 4.05. The van der Waals surface area contributed by atoms with Crippen LogP contribution < -0.4 is 0 Å². The molecule has 0 radical (unpaired) electrons. The third kappa shape index (κ3) is 3.97. The number of halogens is 1. The molecule has 0 atom stereocenters. The normalized spacial score (nSPS) is 16.1. The lowest BCUT2D eigenvalue weighted by molar-refractivity contribution is 0.349. The molecule has 1 aromatic rings. The SMILES string of the molecule is CN(C)/C=C(\C(=S)N1CCCCC1)c1ccc(Cl)cc1. The van der Waals surface area contributed by atoms with Crippen LogP contribution in [-0.2, 0) is 0 Å². The van der Waals surface area contributed by atoms with Crippen LogP contribution >= 0.6 is 23.8 Å². The van der Waals surface area contributed by atoms with Crippen molar-refractivity contribution in [2.24, 2.45) is 0 Å². The Kier molecular flexibility index (Phi) is 5.44. The van der Waals surface area contributed by atoms with Gasteiger partial charge in [0.1, 0.15) is 4.99 Å². The number of piperidine rings is 1. The first-order valence-corrected chi connectivity index (χ1v) is 7.80. The van der Waals surface area contributed by atoms with Crippen molar-refractivity contribution in [1.82, 2.24) is 9.80 Å². The van der Waals surface area contributed by atoms with Crippen LogP contribution in [0.2, 0.25) is 5.02 Å². The van der Waals surface area contributed by atoms with Crippen molar-refractivity contribution >= 4 is 34.4 Å². The lowest BCUT2D eigenvalue weighted by Crippen LogP contribution is -2.35. The van der Waals surface area contributed by atoms with E-state index in [4.69, 9.17) is 23.8 Å². The standard InChI is InChI=1S/C16H21ClN2S/c1-18(2)12-15(13-6-8-14(17)9-7-13)16(20)19-10-4-3-5-11-19/h6-9,12H,3-5,10-11H2,1-2H3/b15-12-. The maximum atomic E-state index is 5.98. The highest BCUT2D eigenvalue weighted by atomic mass is 35.5. The van der Waals surface area contributed by atoms with Crippen molar-refractivity contribution in [3.63, 3.8) is 0 Å². The Labute approximate surface area is 132 Å². The smallest absolute Gasteiger partial charge is 0.111 e. The van der Waals surface area contributed by atoms with Crippen LogP contribution in [0.5, 0.6) is 0 Å². The second-order valence-electron chi connectivity index (χ2n) is 5.37. The Balaban J connectivity index is 2.27. The second-order valence-corrected chi connectivity index (χ2v) is 6.19. The lowest BCUT2D eigenvalue weighted by atomic mass is 10.0. The van der Waals surface area contributed by atoms with Gasteiger partial charge in [0.2, 0.25) is 0 Å². The summed E-state index contributed by atoms with van der Waals surface area (Å²) in [4.78, 5) is 5.31. The minimum Gasteiger partial charge on any atom is -0.383 e. The van der Waals surface area contributed by atoms with Crippen molar-refractivity contribution in [2.45, 2.75) is 19.3 Å². The van der Waals surface area contributed by atoms with E-state index in [1.807, 2.05) is 43.3 Å². The Morgan fingerprint density at radius 3 is 2.30 bits per heavy atom. The Hall–Kier alpha value is -1.06. The van der Waals surface area contributed by atoms with Gasteiger partial charge in [0, 0.05) is 44.0 Å². The third-order valence-electron chi connectivity index (χ3n) is 3.42. The van der Waals surface area contributed by atoms with Crippen molar-refractivity contribution in [3.8, 4) is 0 Å². The van der Waals surface area contributed by atoms with Crippen molar-refractivity contribution in [2.75, 3.05) is 27.2 Å². The molecule has 1 heterocycles. The number of benzene rings is 1. The van der Waals surface area contributed by atoms with E-state index >= 15 is 0 Å². The third-order valence-corrected chi connectivity index (χ3v) is 4.15. The fourth-order valence-electron chi connectivity index (χ4n) is 2.41. The molecular formula is C16H21ClN2S. The molecule has 0 spiro atoms. The molecule has 0 saturated carbocycles. The average Bonchev–Trinajstić information content (AvgIpc) is 2.46. The molecule has 108 valence electrons. The molecular weight excluding hydrogens is 288 g/mol. The lowest BCUT2D eigenvalue weighted by Gasteiger charge is -2.30. The quantitative estimate of drug-likeness (QED) is 0.614. The van der Waals surface area contributed by atoms with E-state index < -0.39 is 0 Å². The summed E-state index contributed by atoms with van der Waals surface area (Å²) in [6.45, 7) is 2.13. The molecule has 1 saturated heterocycles. The van der Waals surface area contributed by atoms with Crippen LogP contribution in [0, 0.1) is 0 Å². The molecule has 0 bridgehead atoms. The molecule has 0 aromatic heterocycles. The molecule has 0 amide bonds. The van der Waals surface area contributed by atoms with Gasteiger partial charge in [0.05, 0.1) is 0 Å². The van der Waals surface area contributed by atoms with Crippen molar-refractivity contribution in [3.05, 3.63) is 41.1 Å². The highest BCUT2D eigenvalue weighted by Crippen LogP contribution is 2.23. The van der Waals surface area contributed by atoms with Crippen LogP contribution in [0.25, 0.3) is 5.57 Å². The highest BCUT2D eigenvalue weighted by Gasteiger charge is 2.18. The molecule has 4 heteroatoms. The van der Waals surface area contributed by atoms with Crippen LogP contribution in [-0.4, -0.2) is 42.0 Å². The van der Waals surface area contributed by atoms with Gasteiger partial charge in [-0.2, -0.15) is 0 Å². The number of nitrogens with zero attached hydrogens (tertiary/aromatic N) is 2. The maximum Gasteiger partial charge on any atom is 0.111 e. The summed E-state index contributed by atoms with van der Waals surface area (Å²) < 4.78 is 0. The zero-order valence-corrected chi connectivity index (χ0v) is 13.7. The number of hydrogen-bond donors (Lipinski definition) is 0. The van der Waals surface area contributed by atoms with Crippen molar-refractivity contribution < 1.29 is 0 Å². The van der Waals surface area contributed by atoms with Gasteiger partial charge in [0.25, 0.3) is 0 Å². The van der Waals surface area contributed by atoms with Gasteiger partial charge in [-0.1, -0.05) is 36.0 Å². The van der Waals surface area contributed by atoms with E-state index in [-0.39, 0.29) is 0 Å². The molecule has 0 aliphatic carbocycles. The fraction of sp³-hybridized carbons (Fsp3) is 0.438. The Bertz CT molecular complexity index is 488. The molecule has 0 N–H and O–H groups in total. The molecule has 20 heavy (non-hydrogen) atoms. The fourth-order valence-corrected chi connectivity index (χ4v) is 2.89. The number of rotatable bonds is 3. The monoisotopic (exact) mass is 308 g/mol. The number of hydrogen-bond acceptors (Lipinski definition) is 2. The second kappa shape index (κ2) is 7.09. The van der Waals surface area contributed by atoms with E-state index in [9.17, 15) is 0 Å². The van der Waals surface area contributed by atoms with Crippen LogP contribution in [0.15, 0.2) is 30.5 Å². The Morgan fingerprint density at radius 1 is 1.15 bits per heavy atom. The molecule has 0 unspecified atom stereocenters. The number of likely N-dealkylation sites (tertiary alicyclic amines) is 1. The van der Waals surface area contributed by atoms with Gasteiger partial charge >= 0.3 is 0 Å². The van der Waals surface area contributed by atoms with Crippen LogP contribution in [0.4, 0.5) is 0 Å². The molecule has 1 fully saturated rings. The van der Waals surface area contributed by atoms with Gasteiger partial charge in [0.15, 0.2) is 0 Å². The topological polar surface area (TPSA) is 6.48 Å². The first kappa shape index (κ1) is 15.3. The zero-order chi connectivity index (χ0) is 14.5. The zero-order valence-electron chi connectivity index (χ0n) is 12.1. The molecule has 2 nitrogen and oxygen atoms in total. The van der Waals surface area contributed by atoms with E-state index in [0.29, 0.717) is 0 Å². The van der Waals surface area contributed by atoms with Crippen LogP contribution in [0.1, 0.15) is 24.8 Å².